The zero-order valence-corrected chi connectivity index (χ0v) is 20.6. The van der Waals surface area contributed by atoms with Gasteiger partial charge >= 0.3 is 0 Å². The van der Waals surface area contributed by atoms with Crippen molar-refractivity contribution < 1.29 is 9.53 Å². The van der Waals surface area contributed by atoms with Crippen LogP contribution < -0.4 is 15.5 Å². The lowest BCUT2D eigenvalue weighted by Gasteiger charge is -2.18. The topological polar surface area (TPSA) is 81.4 Å². The van der Waals surface area contributed by atoms with Crippen LogP contribution in [0.15, 0.2) is 71.9 Å². The predicted octanol–water partition coefficient (Wildman–Crippen LogP) is 3.10. The lowest BCUT2D eigenvalue weighted by molar-refractivity contribution is 0.0930. The van der Waals surface area contributed by atoms with E-state index in [0.717, 1.165) is 35.5 Å². The summed E-state index contributed by atoms with van der Waals surface area (Å²) in [5, 5.41) is 7.58. The Morgan fingerprint density at radius 2 is 1.86 bits per heavy atom. The minimum absolute atomic E-state index is 0.122. The van der Waals surface area contributed by atoms with Gasteiger partial charge in [0.25, 0.3) is 5.91 Å². The van der Waals surface area contributed by atoms with Gasteiger partial charge in [-0.1, -0.05) is 24.3 Å². The summed E-state index contributed by atoms with van der Waals surface area (Å²) in [4.78, 5) is 27.8. The number of ether oxygens (including phenoxy) is 1. The van der Waals surface area contributed by atoms with Crippen molar-refractivity contribution in [2.45, 2.75) is 26.1 Å². The molecule has 8 heteroatoms. The van der Waals surface area contributed by atoms with Crippen LogP contribution in [-0.2, 0) is 27.2 Å². The first-order valence-corrected chi connectivity index (χ1v) is 11.6. The van der Waals surface area contributed by atoms with Gasteiger partial charge in [0.15, 0.2) is 0 Å². The maximum absolute atomic E-state index is 12.8. The first kappa shape index (κ1) is 24.2. The van der Waals surface area contributed by atoms with Crippen molar-refractivity contribution in [1.82, 2.24) is 24.6 Å². The number of rotatable bonds is 9. The molecule has 8 nitrogen and oxygen atoms in total. The molecule has 0 fully saturated rings. The predicted molar refractivity (Wildman–Crippen MR) is 136 cm³/mol. The van der Waals surface area contributed by atoms with Gasteiger partial charge in [-0.15, -0.1) is 0 Å². The zero-order chi connectivity index (χ0) is 24.9. The molecule has 0 aliphatic rings. The number of pyridine rings is 1. The lowest BCUT2D eigenvalue weighted by atomic mass is 10.1. The molecule has 0 saturated heterocycles. The van der Waals surface area contributed by atoms with Gasteiger partial charge in [0.2, 0.25) is 5.43 Å². The van der Waals surface area contributed by atoms with E-state index in [1.165, 1.54) is 0 Å². The summed E-state index contributed by atoms with van der Waals surface area (Å²) in [6, 6.07) is 15.2. The molecule has 2 heterocycles. The van der Waals surface area contributed by atoms with E-state index in [-0.39, 0.29) is 23.6 Å². The number of nitrogens with one attached hydrogen (secondary N) is 1. The molecule has 0 bridgehead atoms. The van der Waals surface area contributed by atoms with E-state index in [0.29, 0.717) is 5.39 Å². The van der Waals surface area contributed by atoms with Crippen LogP contribution in [0.25, 0.3) is 10.9 Å². The second-order valence-corrected chi connectivity index (χ2v) is 8.98. The quantitative estimate of drug-likeness (QED) is 0.404. The van der Waals surface area contributed by atoms with Gasteiger partial charge in [-0.05, 0) is 43.8 Å². The Labute approximate surface area is 204 Å². The average molecular weight is 474 g/mol. The van der Waals surface area contributed by atoms with E-state index >= 15 is 0 Å². The van der Waals surface area contributed by atoms with Crippen molar-refractivity contribution in [3.63, 3.8) is 0 Å². The van der Waals surface area contributed by atoms with Crippen molar-refractivity contribution >= 4 is 16.8 Å². The number of hydrogen-bond acceptors (Lipinski definition) is 5. The van der Waals surface area contributed by atoms with Crippen LogP contribution in [0.3, 0.4) is 0 Å². The Bertz CT molecular complexity index is 1390. The minimum atomic E-state index is -0.405. The fourth-order valence-electron chi connectivity index (χ4n) is 4.16. The number of carbonyl (C=O) groups is 1. The highest BCUT2D eigenvalue weighted by molar-refractivity contribution is 5.97. The number of carbonyl (C=O) groups excluding carboxylic acids is 1. The van der Waals surface area contributed by atoms with Crippen molar-refractivity contribution in [2.75, 3.05) is 13.6 Å². The van der Waals surface area contributed by atoms with Crippen LogP contribution in [-0.4, -0.2) is 44.9 Å². The summed E-state index contributed by atoms with van der Waals surface area (Å²) in [5.41, 5.74) is 2.93. The Morgan fingerprint density at radius 1 is 1.09 bits per heavy atom. The van der Waals surface area contributed by atoms with Crippen molar-refractivity contribution in [3.8, 4) is 5.75 Å². The molecule has 2 aromatic carbocycles. The number of fused-ring (bicyclic) bond motifs is 1. The maximum atomic E-state index is 12.8. The third kappa shape index (κ3) is 5.96. The molecule has 0 aliphatic heterocycles. The summed E-state index contributed by atoms with van der Waals surface area (Å²) in [6.07, 6.45) is 5.20. The summed E-state index contributed by atoms with van der Waals surface area (Å²) < 4.78 is 9.63. The highest BCUT2D eigenvalue weighted by Gasteiger charge is 2.15. The molecule has 0 radical (unpaired) electrons. The number of aromatic nitrogens is 3. The monoisotopic (exact) mass is 473 g/mol. The van der Waals surface area contributed by atoms with Crippen LogP contribution in [0.1, 0.15) is 28.4 Å². The van der Waals surface area contributed by atoms with Crippen molar-refractivity contribution in [3.05, 3.63) is 94.0 Å². The summed E-state index contributed by atoms with van der Waals surface area (Å²) in [6.45, 7) is 3.73. The SMILES string of the molecule is C[C@H](CNC(=O)c1cn(C)c2ccccc2c1=O)Oc1cccc(CN(C)Cc2cnn(C)c2)c1. The van der Waals surface area contributed by atoms with E-state index in [1.807, 2.05) is 63.7 Å². The molecule has 0 saturated carbocycles. The van der Waals surface area contributed by atoms with Gasteiger partial charge in [-0.3, -0.25) is 19.2 Å². The van der Waals surface area contributed by atoms with Gasteiger partial charge < -0.3 is 14.6 Å². The minimum Gasteiger partial charge on any atom is -0.489 e. The Balaban J connectivity index is 1.34. The first-order chi connectivity index (χ1) is 16.8. The molecule has 35 heavy (non-hydrogen) atoms. The fourth-order valence-corrected chi connectivity index (χ4v) is 4.16. The molecular weight excluding hydrogens is 442 g/mol. The van der Waals surface area contributed by atoms with Gasteiger partial charge in [0, 0.05) is 50.5 Å². The molecule has 4 aromatic rings. The van der Waals surface area contributed by atoms with Crippen LogP contribution in [0.5, 0.6) is 5.75 Å². The highest BCUT2D eigenvalue weighted by Crippen LogP contribution is 2.17. The van der Waals surface area contributed by atoms with Crippen LogP contribution >= 0.6 is 0 Å². The lowest BCUT2D eigenvalue weighted by Crippen LogP contribution is -2.36. The second kappa shape index (κ2) is 10.6. The molecule has 1 N–H and O–H groups in total. The Hall–Kier alpha value is -3.91. The standard InChI is InChI=1S/C27H31N5O3/c1-19(13-28-27(34)24-18-31(3)25-11-6-5-10-23(25)26(24)33)35-22-9-7-8-20(12-22)15-30(2)16-21-14-29-32(4)17-21/h5-12,14,17-19H,13,15-16H2,1-4H3,(H,28,34)/t19-/m1/s1. The fraction of sp³-hybridized carbons (Fsp3) is 0.296. The third-order valence-electron chi connectivity index (χ3n) is 5.79. The van der Waals surface area contributed by atoms with Crippen molar-refractivity contribution in [2.24, 2.45) is 14.1 Å². The van der Waals surface area contributed by atoms with Gasteiger partial charge in [0.05, 0.1) is 18.3 Å². The number of hydrogen-bond donors (Lipinski definition) is 1. The van der Waals surface area contributed by atoms with Crippen LogP contribution in [0.4, 0.5) is 0 Å². The molecule has 1 amide bonds. The van der Waals surface area contributed by atoms with E-state index in [9.17, 15) is 9.59 Å². The highest BCUT2D eigenvalue weighted by atomic mass is 16.5. The number of amides is 1. The average Bonchev–Trinajstić information content (AvgIpc) is 3.24. The Morgan fingerprint density at radius 3 is 2.63 bits per heavy atom. The zero-order valence-electron chi connectivity index (χ0n) is 20.6. The molecule has 2 aromatic heterocycles. The molecule has 1 atom stereocenters. The normalized spacial score (nSPS) is 12.1. The maximum Gasteiger partial charge on any atom is 0.256 e. The van der Waals surface area contributed by atoms with E-state index in [4.69, 9.17) is 4.74 Å². The van der Waals surface area contributed by atoms with Crippen LogP contribution in [0.2, 0.25) is 0 Å². The summed E-state index contributed by atoms with van der Waals surface area (Å²) in [5.74, 6) is 0.332. The molecule has 0 aliphatic carbocycles. The molecular formula is C27H31N5O3. The molecule has 182 valence electrons. The van der Waals surface area contributed by atoms with Gasteiger partial charge in [0.1, 0.15) is 17.4 Å². The van der Waals surface area contributed by atoms with Gasteiger partial charge in [-0.25, -0.2) is 0 Å². The summed E-state index contributed by atoms with van der Waals surface area (Å²) in [7, 11) is 5.80. The second-order valence-electron chi connectivity index (χ2n) is 8.98. The largest absolute Gasteiger partial charge is 0.489 e. The number of benzene rings is 2. The Kier molecular flexibility index (Phi) is 7.31. The number of nitrogens with zero attached hydrogens (tertiary/aromatic N) is 4. The van der Waals surface area contributed by atoms with Gasteiger partial charge in [-0.2, -0.15) is 5.10 Å². The van der Waals surface area contributed by atoms with E-state index < -0.39 is 5.91 Å². The summed E-state index contributed by atoms with van der Waals surface area (Å²) >= 11 is 0. The number of aryl methyl sites for hydroxylation is 2. The first-order valence-electron chi connectivity index (χ1n) is 11.6. The number of para-hydroxylation sites is 1. The van der Waals surface area contributed by atoms with E-state index in [2.05, 4.69) is 28.4 Å². The molecule has 0 unspecified atom stereocenters. The van der Waals surface area contributed by atoms with Crippen LogP contribution in [0, 0.1) is 0 Å². The smallest absolute Gasteiger partial charge is 0.256 e. The van der Waals surface area contributed by atoms with Crippen molar-refractivity contribution in [1.29, 1.82) is 0 Å². The molecule has 0 spiro atoms. The van der Waals surface area contributed by atoms with E-state index in [1.54, 1.807) is 27.6 Å². The molecule has 4 rings (SSSR count). The third-order valence-corrected chi connectivity index (χ3v) is 5.79.